The van der Waals surface area contributed by atoms with E-state index in [0.717, 1.165) is 29.0 Å². The summed E-state index contributed by atoms with van der Waals surface area (Å²) in [5, 5.41) is 12.7. The summed E-state index contributed by atoms with van der Waals surface area (Å²) in [6.07, 6.45) is 2.44. The summed E-state index contributed by atoms with van der Waals surface area (Å²) in [4.78, 5) is 2.13. The van der Waals surface area contributed by atoms with Crippen molar-refractivity contribution >= 4 is 11.6 Å². The van der Waals surface area contributed by atoms with Gasteiger partial charge >= 0.3 is 0 Å². The zero-order valence-corrected chi connectivity index (χ0v) is 12.5. The van der Waals surface area contributed by atoms with Crippen LogP contribution < -0.4 is 4.73 Å². The van der Waals surface area contributed by atoms with Crippen molar-refractivity contribution in [1.82, 2.24) is 4.90 Å². The molecule has 4 heteroatoms. The van der Waals surface area contributed by atoms with Gasteiger partial charge in [-0.15, -0.1) is 0 Å². The smallest absolute Gasteiger partial charge is 0.200 e. The van der Waals surface area contributed by atoms with Crippen LogP contribution in [0.5, 0.6) is 0 Å². The third kappa shape index (κ3) is 3.71. The molecule has 106 valence electrons. The zero-order valence-electron chi connectivity index (χ0n) is 11.8. The van der Waals surface area contributed by atoms with E-state index in [1.807, 2.05) is 50.5 Å². The van der Waals surface area contributed by atoms with Crippen molar-refractivity contribution in [2.75, 3.05) is 20.6 Å². The van der Waals surface area contributed by atoms with E-state index in [9.17, 15) is 5.21 Å². The maximum atomic E-state index is 12.0. The van der Waals surface area contributed by atoms with Crippen LogP contribution in [0, 0.1) is 5.21 Å². The molecule has 1 aromatic heterocycles. The van der Waals surface area contributed by atoms with Gasteiger partial charge in [0.15, 0.2) is 11.9 Å². The van der Waals surface area contributed by atoms with E-state index in [-0.39, 0.29) is 5.92 Å². The minimum absolute atomic E-state index is 0.0772. The fourth-order valence-electron chi connectivity index (χ4n) is 2.28. The molecule has 0 radical (unpaired) electrons. The van der Waals surface area contributed by atoms with Gasteiger partial charge in [-0.2, -0.15) is 4.73 Å². The van der Waals surface area contributed by atoms with Gasteiger partial charge in [-0.3, -0.25) is 0 Å². The molecule has 0 aliphatic carbocycles. The molecule has 0 saturated carbocycles. The van der Waals surface area contributed by atoms with E-state index >= 15 is 0 Å². The Kier molecular flexibility index (Phi) is 4.99. The normalized spacial score (nSPS) is 12.6. The molecule has 0 aliphatic heterocycles. The van der Waals surface area contributed by atoms with E-state index < -0.39 is 0 Å². The highest BCUT2D eigenvalue weighted by atomic mass is 35.5. The Hall–Kier alpha value is -1.58. The summed E-state index contributed by atoms with van der Waals surface area (Å²) in [7, 11) is 4.07. The minimum atomic E-state index is 0.0772. The molecule has 1 atom stereocenters. The summed E-state index contributed by atoms with van der Waals surface area (Å²) in [6.45, 7) is 0.919. The van der Waals surface area contributed by atoms with Crippen LogP contribution in [0.4, 0.5) is 0 Å². The van der Waals surface area contributed by atoms with Crippen molar-refractivity contribution in [2.24, 2.45) is 0 Å². The number of hydrogen-bond donors (Lipinski definition) is 0. The highest BCUT2D eigenvalue weighted by Gasteiger charge is 2.21. The number of rotatable bonds is 5. The maximum absolute atomic E-state index is 12.0. The highest BCUT2D eigenvalue weighted by molar-refractivity contribution is 6.30. The molecular weight excluding hydrogens is 272 g/mol. The molecule has 1 heterocycles. The standard InChI is InChI=1S/C16H19ClN2O/c1-18(2)12-10-15(13-6-8-14(17)9-7-13)16-5-3-4-11-19(16)20/h3-9,11,15H,10,12H2,1-2H3. The first kappa shape index (κ1) is 14.8. The summed E-state index contributed by atoms with van der Waals surface area (Å²) >= 11 is 5.95. The van der Waals surface area contributed by atoms with Gasteiger partial charge in [0.2, 0.25) is 0 Å². The van der Waals surface area contributed by atoms with E-state index in [1.54, 1.807) is 12.3 Å². The minimum Gasteiger partial charge on any atom is -0.618 e. The second-order valence-electron chi connectivity index (χ2n) is 5.15. The zero-order chi connectivity index (χ0) is 14.5. The maximum Gasteiger partial charge on any atom is 0.200 e. The fourth-order valence-corrected chi connectivity index (χ4v) is 2.40. The number of halogens is 1. The van der Waals surface area contributed by atoms with Gasteiger partial charge < -0.3 is 10.1 Å². The van der Waals surface area contributed by atoms with Crippen LogP contribution >= 0.6 is 11.6 Å². The van der Waals surface area contributed by atoms with Crippen molar-refractivity contribution in [3.8, 4) is 0 Å². The van der Waals surface area contributed by atoms with Crippen molar-refractivity contribution < 1.29 is 4.73 Å². The number of pyridine rings is 1. The summed E-state index contributed by atoms with van der Waals surface area (Å²) < 4.78 is 0.953. The Balaban J connectivity index is 2.34. The molecule has 0 aliphatic rings. The van der Waals surface area contributed by atoms with Gasteiger partial charge in [0.1, 0.15) is 0 Å². The summed E-state index contributed by atoms with van der Waals surface area (Å²) in [5.41, 5.74) is 1.89. The van der Waals surface area contributed by atoms with Crippen LogP contribution in [0.15, 0.2) is 48.7 Å². The van der Waals surface area contributed by atoms with Crippen LogP contribution in [0.25, 0.3) is 0 Å². The Bertz CT molecular complexity index is 555. The lowest BCUT2D eigenvalue weighted by Gasteiger charge is -2.19. The predicted octanol–water partition coefficient (Wildman–Crippen LogP) is 3.06. The average Bonchev–Trinajstić information content (AvgIpc) is 2.42. The molecule has 1 aromatic carbocycles. The third-order valence-electron chi connectivity index (χ3n) is 3.35. The van der Waals surface area contributed by atoms with Crippen molar-refractivity contribution in [1.29, 1.82) is 0 Å². The molecule has 0 amide bonds. The van der Waals surface area contributed by atoms with Gasteiger partial charge in [-0.1, -0.05) is 23.7 Å². The molecule has 0 bridgehead atoms. The van der Waals surface area contributed by atoms with E-state index in [0.29, 0.717) is 5.02 Å². The van der Waals surface area contributed by atoms with Crippen LogP contribution in [0.3, 0.4) is 0 Å². The molecule has 0 fully saturated rings. The SMILES string of the molecule is CN(C)CCC(c1ccc(Cl)cc1)c1cccc[n+]1[O-]. The second kappa shape index (κ2) is 6.73. The number of hydrogen-bond acceptors (Lipinski definition) is 2. The molecule has 2 rings (SSSR count). The average molecular weight is 291 g/mol. The predicted molar refractivity (Wildman–Crippen MR) is 81.9 cm³/mol. The summed E-state index contributed by atoms with van der Waals surface area (Å²) in [5.74, 6) is 0.0772. The summed E-state index contributed by atoms with van der Waals surface area (Å²) in [6, 6.07) is 13.3. The van der Waals surface area contributed by atoms with Gasteiger partial charge in [0.05, 0.1) is 5.92 Å². The quantitative estimate of drug-likeness (QED) is 0.626. The number of aromatic nitrogens is 1. The van der Waals surface area contributed by atoms with Crippen molar-refractivity contribution in [3.63, 3.8) is 0 Å². The molecule has 20 heavy (non-hydrogen) atoms. The largest absolute Gasteiger partial charge is 0.618 e. The molecule has 1 unspecified atom stereocenters. The van der Waals surface area contributed by atoms with E-state index in [1.165, 1.54) is 0 Å². The lowest BCUT2D eigenvalue weighted by Crippen LogP contribution is -2.34. The van der Waals surface area contributed by atoms with Crippen LogP contribution in [0.1, 0.15) is 23.6 Å². The Morgan fingerprint density at radius 2 is 1.85 bits per heavy atom. The Morgan fingerprint density at radius 3 is 2.45 bits per heavy atom. The Labute approximate surface area is 125 Å². The van der Waals surface area contributed by atoms with Gasteiger partial charge in [-0.05, 0) is 50.8 Å². The molecular formula is C16H19ClN2O. The molecule has 2 aromatic rings. The van der Waals surface area contributed by atoms with E-state index in [4.69, 9.17) is 11.6 Å². The van der Waals surface area contributed by atoms with Crippen LogP contribution in [-0.2, 0) is 0 Å². The monoisotopic (exact) mass is 290 g/mol. The highest BCUT2D eigenvalue weighted by Crippen LogP contribution is 2.27. The van der Waals surface area contributed by atoms with Crippen LogP contribution in [0.2, 0.25) is 5.02 Å². The van der Waals surface area contributed by atoms with Crippen molar-refractivity contribution in [2.45, 2.75) is 12.3 Å². The molecule has 0 saturated heterocycles. The van der Waals surface area contributed by atoms with Gasteiger partial charge in [0.25, 0.3) is 0 Å². The topological polar surface area (TPSA) is 30.2 Å². The molecule has 0 spiro atoms. The number of benzene rings is 1. The first-order chi connectivity index (χ1) is 9.58. The first-order valence-corrected chi connectivity index (χ1v) is 7.04. The lowest BCUT2D eigenvalue weighted by atomic mass is 9.92. The molecule has 3 nitrogen and oxygen atoms in total. The number of nitrogens with zero attached hydrogens (tertiary/aromatic N) is 2. The fraction of sp³-hybridized carbons (Fsp3) is 0.312. The van der Waals surface area contributed by atoms with E-state index in [2.05, 4.69) is 4.90 Å². The lowest BCUT2D eigenvalue weighted by molar-refractivity contribution is -0.615. The van der Waals surface area contributed by atoms with Crippen molar-refractivity contribution in [3.05, 3.63) is 70.1 Å². The second-order valence-corrected chi connectivity index (χ2v) is 5.58. The Morgan fingerprint density at radius 1 is 1.15 bits per heavy atom. The molecule has 0 N–H and O–H groups in total. The van der Waals surface area contributed by atoms with Gasteiger partial charge in [0, 0.05) is 17.2 Å². The van der Waals surface area contributed by atoms with Gasteiger partial charge in [-0.25, -0.2) is 0 Å². The first-order valence-electron chi connectivity index (χ1n) is 6.66. The third-order valence-corrected chi connectivity index (χ3v) is 3.60. The van der Waals surface area contributed by atoms with Crippen LogP contribution in [-0.4, -0.2) is 25.5 Å².